The standard InChI is InChI=1S/C34H38Cl2S4.C3H7.3CH3.2Sn/c1-5-9-11-21(7-3)17-27-25(35)19-29(39-27)31-23-13-15-38-34(23)32(24-14-16-37-33(24)31)30-20-26(36)28(40-30)18-22(8-4)12-10-6-2;1-3-2;;;;;/h13-14,19-22H,5-12,17-18H2,1-4H3;3H,1-2H3;3*1H3;;. The van der Waals surface area contributed by atoms with Gasteiger partial charge < -0.3 is 0 Å². The van der Waals surface area contributed by atoms with Crippen LogP contribution >= 0.6 is 68.5 Å². The van der Waals surface area contributed by atoms with Crippen molar-refractivity contribution >= 4 is 134 Å². The summed E-state index contributed by atoms with van der Waals surface area (Å²) in [5.74, 6) is 1.41. The van der Waals surface area contributed by atoms with Crippen LogP contribution in [0, 0.1) is 11.8 Å². The van der Waals surface area contributed by atoms with E-state index in [0.717, 1.165) is 26.8 Å². The maximum atomic E-state index is 7.14. The summed E-state index contributed by atoms with van der Waals surface area (Å²) in [7, 11) is 0. The van der Waals surface area contributed by atoms with Gasteiger partial charge in [0.15, 0.2) is 0 Å². The summed E-state index contributed by atoms with van der Waals surface area (Å²) in [5.41, 5.74) is 2.91. The fourth-order valence-electron chi connectivity index (χ4n) is 6.73. The van der Waals surface area contributed by atoms with Gasteiger partial charge in [-0.15, -0.1) is 0 Å². The van der Waals surface area contributed by atoms with Crippen LogP contribution in [0.1, 0.15) is 103 Å². The Kier molecular flexibility index (Phi) is 14.7. The molecule has 2 radical (unpaired) electrons. The number of hydrogen-bond donors (Lipinski definition) is 0. The first-order valence-corrected chi connectivity index (χ1v) is 35.3. The van der Waals surface area contributed by atoms with E-state index in [1.807, 2.05) is 22.7 Å². The van der Waals surface area contributed by atoms with Crippen LogP contribution in [0.25, 0.3) is 41.1 Å². The Morgan fingerprint density at radius 2 is 1.15 bits per heavy atom. The van der Waals surface area contributed by atoms with Gasteiger partial charge in [-0.05, 0) is 0 Å². The molecule has 4 aromatic heterocycles. The van der Waals surface area contributed by atoms with Crippen LogP contribution in [-0.4, -0.2) is 39.5 Å². The van der Waals surface area contributed by atoms with E-state index in [1.54, 1.807) is 5.79 Å². The van der Waals surface area contributed by atoms with Gasteiger partial charge >= 0.3 is 321 Å². The summed E-state index contributed by atoms with van der Waals surface area (Å²) < 4.78 is 7.04. The Hall–Kier alpha value is 0.717. The second kappa shape index (κ2) is 17.7. The maximum absolute atomic E-state index is 7.14. The first-order valence-electron chi connectivity index (χ1n) is 18.2. The molecule has 0 spiro atoms. The first-order chi connectivity index (χ1) is 22.9. The van der Waals surface area contributed by atoms with Gasteiger partial charge in [0.25, 0.3) is 0 Å². The molecule has 2 atom stereocenters. The fraction of sp³-hybridized carbons (Fsp3) is 0.550. The van der Waals surface area contributed by atoms with E-state index in [4.69, 9.17) is 23.2 Å². The average Bonchev–Trinajstić information content (AvgIpc) is 3.81. The van der Waals surface area contributed by atoms with Gasteiger partial charge in [-0.2, -0.15) is 0 Å². The molecule has 0 bridgehead atoms. The van der Waals surface area contributed by atoms with Gasteiger partial charge in [0.2, 0.25) is 0 Å². The summed E-state index contributed by atoms with van der Waals surface area (Å²) in [6.07, 6.45) is 12.4. The Labute approximate surface area is 331 Å². The van der Waals surface area contributed by atoms with Crippen molar-refractivity contribution in [2.45, 2.75) is 125 Å². The van der Waals surface area contributed by atoms with E-state index >= 15 is 0 Å². The third-order valence-electron chi connectivity index (χ3n) is 9.67. The molecular formula is C40H54Cl2S4Sn2. The van der Waals surface area contributed by atoms with Gasteiger partial charge in [0.1, 0.15) is 0 Å². The van der Waals surface area contributed by atoms with Gasteiger partial charge in [-0.25, -0.2) is 0 Å². The summed E-state index contributed by atoms with van der Waals surface area (Å²) in [6.45, 7) is 14.1. The zero-order chi connectivity index (χ0) is 34.7. The van der Waals surface area contributed by atoms with Crippen molar-refractivity contribution in [2.75, 3.05) is 0 Å². The van der Waals surface area contributed by atoms with Crippen LogP contribution in [0.3, 0.4) is 0 Å². The number of rotatable bonds is 17. The van der Waals surface area contributed by atoms with E-state index in [9.17, 15) is 0 Å². The SMILES string of the molecule is CCCCC(CC)Cc1sc(-c2c3c[c]([Sn]([CH3])([CH3])[CH3])sc3c(-c3cc(Cl)c(CC(CC)CCCC)s3)c3c[c]([Sn][CH](C)C)sc23)cc1Cl. The van der Waals surface area contributed by atoms with Gasteiger partial charge in [-0.3, -0.25) is 0 Å². The molecule has 0 nitrogen and oxygen atoms in total. The van der Waals surface area contributed by atoms with Crippen LogP contribution in [0.15, 0.2) is 24.3 Å². The van der Waals surface area contributed by atoms with Crippen molar-refractivity contribution < 1.29 is 0 Å². The summed E-state index contributed by atoms with van der Waals surface area (Å²) in [6, 6.07) is 9.88. The third kappa shape index (κ3) is 9.25. The summed E-state index contributed by atoms with van der Waals surface area (Å²) in [5, 5.41) is 4.86. The predicted octanol–water partition coefficient (Wildman–Crippen LogP) is 15.1. The average molecular weight is 971 g/mol. The van der Waals surface area contributed by atoms with E-state index in [-0.39, 0.29) is 0 Å². The van der Waals surface area contributed by atoms with E-state index in [0.29, 0.717) is 11.8 Å². The molecule has 5 aromatic rings. The third-order valence-corrected chi connectivity index (χ3v) is 29.0. The van der Waals surface area contributed by atoms with Crippen LogP contribution in [0.2, 0.25) is 28.8 Å². The molecule has 0 fully saturated rings. The molecule has 0 aliphatic rings. The van der Waals surface area contributed by atoms with Gasteiger partial charge in [0.05, 0.1) is 0 Å². The Morgan fingerprint density at radius 3 is 1.58 bits per heavy atom. The summed E-state index contributed by atoms with van der Waals surface area (Å²) in [4.78, 5) is 13.2. The zero-order valence-electron chi connectivity index (χ0n) is 30.5. The minimum absolute atomic E-state index is 0.701. The molecule has 260 valence electrons. The molecule has 0 aliphatic carbocycles. The van der Waals surface area contributed by atoms with E-state index in [1.165, 1.54) is 102 Å². The van der Waals surface area contributed by atoms with Crippen molar-refractivity contribution in [1.29, 1.82) is 0 Å². The quantitative estimate of drug-likeness (QED) is 0.0815. The minimum atomic E-state index is -2.39. The molecule has 0 N–H and O–H groups in total. The number of fused-ring (bicyclic) bond motifs is 2. The molecular weight excluding hydrogens is 917 g/mol. The Bertz CT molecular complexity index is 1700. The monoisotopic (exact) mass is 972 g/mol. The molecule has 8 heteroatoms. The van der Waals surface area contributed by atoms with E-state index < -0.39 is 39.5 Å². The molecule has 4 heterocycles. The van der Waals surface area contributed by atoms with Crippen molar-refractivity contribution in [3.8, 4) is 20.9 Å². The van der Waals surface area contributed by atoms with Crippen molar-refractivity contribution in [3.05, 3.63) is 44.1 Å². The number of unbranched alkanes of at least 4 members (excludes halogenated alkanes) is 2. The molecule has 0 saturated heterocycles. The van der Waals surface area contributed by atoms with Gasteiger partial charge in [-0.1, -0.05) is 13.8 Å². The normalized spacial score (nSPS) is 13.8. The zero-order valence-corrected chi connectivity index (χ0v) is 41.0. The molecule has 5 rings (SSSR count). The molecule has 0 amide bonds. The molecule has 1 aromatic carbocycles. The van der Waals surface area contributed by atoms with Crippen molar-refractivity contribution in [2.24, 2.45) is 11.8 Å². The van der Waals surface area contributed by atoms with Crippen LogP contribution in [-0.2, 0) is 12.8 Å². The number of thiophene rings is 4. The van der Waals surface area contributed by atoms with Crippen LogP contribution < -0.4 is 5.79 Å². The predicted molar refractivity (Wildman–Crippen MR) is 231 cm³/mol. The Morgan fingerprint density at radius 1 is 0.667 bits per heavy atom. The number of hydrogen-bond acceptors (Lipinski definition) is 4. The fourth-order valence-corrected chi connectivity index (χ4v) is 22.8. The van der Waals surface area contributed by atoms with Gasteiger partial charge in [0, 0.05) is 0 Å². The number of benzene rings is 1. The molecule has 48 heavy (non-hydrogen) atoms. The van der Waals surface area contributed by atoms with Crippen LogP contribution in [0.5, 0.6) is 0 Å². The summed E-state index contributed by atoms with van der Waals surface area (Å²) >= 11 is 19.3. The van der Waals surface area contributed by atoms with Crippen molar-refractivity contribution in [3.63, 3.8) is 0 Å². The van der Waals surface area contributed by atoms with E-state index in [2.05, 4.69) is 103 Å². The van der Waals surface area contributed by atoms with Crippen LogP contribution in [0.4, 0.5) is 0 Å². The molecule has 0 aliphatic heterocycles. The Balaban J connectivity index is 1.74. The molecule has 0 saturated carbocycles. The second-order valence-corrected chi connectivity index (χ2v) is 42.3. The van der Waals surface area contributed by atoms with Crippen molar-refractivity contribution in [1.82, 2.24) is 0 Å². The topological polar surface area (TPSA) is 0 Å². The second-order valence-electron chi connectivity index (χ2n) is 15.0. The number of halogens is 2. The first kappa shape index (κ1) is 39.9. The molecule has 2 unspecified atom stereocenters.